The summed E-state index contributed by atoms with van der Waals surface area (Å²) >= 11 is 0. The summed E-state index contributed by atoms with van der Waals surface area (Å²) in [6, 6.07) is 13.1. The van der Waals surface area contributed by atoms with Gasteiger partial charge in [-0.15, -0.1) is 0 Å². The van der Waals surface area contributed by atoms with E-state index in [4.69, 9.17) is 9.84 Å². The van der Waals surface area contributed by atoms with Crippen LogP contribution in [0.25, 0.3) is 0 Å². The van der Waals surface area contributed by atoms with Gasteiger partial charge >= 0.3 is 5.97 Å². The number of rotatable bonds is 5. The topological polar surface area (TPSA) is 46.5 Å². The molecule has 0 heterocycles. The maximum Gasteiger partial charge on any atom is 0.310 e. The van der Waals surface area contributed by atoms with Crippen molar-refractivity contribution in [3.63, 3.8) is 0 Å². The van der Waals surface area contributed by atoms with Crippen LogP contribution in [-0.2, 0) is 11.4 Å². The molecule has 0 spiro atoms. The third-order valence-electron chi connectivity index (χ3n) is 3.05. The van der Waals surface area contributed by atoms with Gasteiger partial charge in [-0.3, -0.25) is 4.79 Å². The summed E-state index contributed by atoms with van der Waals surface area (Å²) in [7, 11) is 0. The minimum absolute atomic E-state index is 0.269. The van der Waals surface area contributed by atoms with Crippen molar-refractivity contribution in [3.05, 3.63) is 65.5 Å². The van der Waals surface area contributed by atoms with Crippen molar-refractivity contribution in [2.24, 2.45) is 0 Å². The summed E-state index contributed by atoms with van der Waals surface area (Å²) in [5, 5.41) is 8.92. The molecule has 0 amide bonds. The maximum absolute atomic E-state index is 13.0. The van der Waals surface area contributed by atoms with Crippen molar-refractivity contribution >= 4 is 5.97 Å². The molecule has 2 aromatic carbocycles. The second-order valence-corrected chi connectivity index (χ2v) is 4.55. The lowest BCUT2D eigenvalue weighted by Crippen LogP contribution is -2.07. The SMILES string of the molecule is CC(C(=O)O)c1ccc(OCc2cccc(F)c2)cc1. The van der Waals surface area contributed by atoms with Crippen LogP contribution in [0.5, 0.6) is 5.75 Å². The van der Waals surface area contributed by atoms with Crippen molar-refractivity contribution in [2.75, 3.05) is 0 Å². The Labute approximate surface area is 116 Å². The molecule has 1 unspecified atom stereocenters. The molecule has 0 fully saturated rings. The number of halogens is 1. The molecule has 0 saturated carbocycles. The number of carbonyl (C=O) groups is 1. The normalized spacial score (nSPS) is 11.9. The van der Waals surface area contributed by atoms with Crippen molar-refractivity contribution in [1.29, 1.82) is 0 Å². The second kappa shape index (κ2) is 6.19. The molecule has 104 valence electrons. The van der Waals surface area contributed by atoms with Gasteiger partial charge in [-0.25, -0.2) is 4.39 Å². The minimum atomic E-state index is -0.863. The van der Waals surface area contributed by atoms with Crippen LogP contribution in [-0.4, -0.2) is 11.1 Å². The van der Waals surface area contributed by atoms with E-state index in [0.717, 1.165) is 11.1 Å². The van der Waals surface area contributed by atoms with Gasteiger partial charge in [0.25, 0.3) is 0 Å². The summed E-state index contributed by atoms with van der Waals surface area (Å²) < 4.78 is 18.5. The van der Waals surface area contributed by atoms with Crippen molar-refractivity contribution in [3.8, 4) is 5.75 Å². The zero-order valence-corrected chi connectivity index (χ0v) is 11.0. The largest absolute Gasteiger partial charge is 0.489 e. The van der Waals surface area contributed by atoms with E-state index in [9.17, 15) is 9.18 Å². The van der Waals surface area contributed by atoms with Crippen LogP contribution in [0.4, 0.5) is 4.39 Å². The summed E-state index contributed by atoms with van der Waals surface area (Å²) in [4.78, 5) is 10.9. The van der Waals surface area contributed by atoms with Gasteiger partial charge in [0.15, 0.2) is 0 Å². The smallest absolute Gasteiger partial charge is 0.310 e. The summed E-state index contributed by atoms with van der Waals surface area (Å²) in [5.74, 6) is -1.09. The van der Waals surface area contributed by atoms with Crippen LogP contribution in [0, 0.1) is 5.82 Å². The van der Waals surface area contributed by atoms with Crippen LogP contribution in [0.1, 0.15) is 24.0 Å². The Balaban J connectivity index is 1.99. The van der Waals surface area contributed by atoms with Gasteiger partial charge < -0.3 is 9.84 Å². The van der Waals surface area contributed by atoms with E-state index < -0.39 is 11.9 Å². The van der Waals surface area contributed by atoms with E-state index >= 15 is 0 Å². The first-order valence-electron chi connectivity index (χ1n) is 6.26. The first-order chi connectivity index (χ1) is 9.56. The molecule has 20 heavy (non-hydrogen) atoms. The summed E-state index contributed by atoms with van der Waals surface area (Å²) in [6.07, 6.45) is 0. The molecule has 1 N–H and O–H groups in total. The standard InChI is InChI=1S/C16H15FO3/c1-11(16(18)19)13-5-7-15(8-6-13)20-10-12-3-2-4-14(17)9-12/h2-9,11H,10H2,1H3,(H,18,19). The molecule has 0 radical (unpaired) electrons. The number of carboxylic acids is 1. The van der Waals surface area contributed by atoms with E-state index in [0.29, 0.717) is 5.75 Å². The molecule has 0 aliphatic carbocycles. The van der Waals surface area contributed by atoms with Gasteiger partial charge in [0.05, 0.1) is 5.92 Å². The number of benzene rings is 2. The lowest BCUT2D eigenvalue weighted by atomic mass is 10.0. The predicted octanol–water partition coefficient (Wildman–Crippen LogP) is 3.59. The highest BCUT2D eigenvalue weighted by Crippen LogP contribution is 2.20. The number of carboxylic acid groups (broad SMARTS) is 1. The lowest BCUT2D eigenvalue weighted by Gasteiger charge is -2.09. The Bertz CT molecular complexity index is 593. The van der Waals surface area contributed by atoms with Crippen LogP contribution in [0.2, 0.25) is 0 Å². The number of aliphatic carboxylic acids is 1. The molecule has 2 aromatic rings. The Kier molecular flexibility index (Phi) is 4.35. The third-order valence-corrected chi connectivity index (χ3v) is 3.05. The van der Waals surface area contributed by atoms with Gasteiger partial charge in [0.1, 0.15) is 18.2 Å². The molecule has 1 atom stereocenters. The summed E-state index contributed by atoms with van der Waals surface area (Å²) in [5.41, 5.74) is 1.46. The zero-order valence-electron chi connectivity index (χ0n) is 11.0. The van der Waals surface area contributed by atoms with E-state index in [-0.39, 0.29) is 12.4 Å². The number of hydrogen-bond donors (Lipinski definition) is 1. The minimum Gasteiger partial charge on any atom is -0.489 e. The highest BCUT2D eigenvalue weighted by molar-refractivity contribution is 5.75. The number of ether oxygens (including phenoxy) is 1. The fourth-order valence-corrected chi connectivity index (χ4v) is 1.79. The second-order valence-electron chi connectivity index (χ2n) is 4.55. The highest BCUT2D eigenvalue weighted by Gasteiger charge is 2.13. The fourth-order valence-electron chi connectivity index (χ4n) is 1.79. The first-order valence-corrected chi connectivity index (χ1v) is 6.26. The number of hydrogen-bond acceptors (Lipinski definition) is 2. The molecule has 0 saturated heterocycles. The van der Waals surface area contributed by atoms with Gasteiger partial charge in [-0.1, -0.05) is 24.3 Å². The Hall–Kier alpha value is -2.36. The van der Waals surface area contributed by atoms with Gasteiger partial charge in [-0.05, 0) is 42.3 Å². The van der Waals surface area contributed by atoms with Crippen LogP contribution < -0.4 is 4.74 Å². The molecule has 3 nitrogen and oxygen atoms in total. The zero-order chi connectivity index (χ0) is 14.5. The van der Waals surface area contributed by atoms with E-state index in [1.165, 1.54) is 12.1 Å². The average Bonchev–Trinajstić information content (AvgIpc) is 2.45. The third kappa shape index (κ3) is 3.57. The fraction of sp³-hybridized carbons (Fsp3) is 0.188. The Morgan fingerprint density at radius 1 is 1.25 bits per heavy atom. The maximum atomic E-state index is 13.0. The van der Waals surface area contributed by atoms with Crippen LogP contribution in [0.15, 0.2) is 48.5 Å². The molecule has 4 heteroatoms. The van der Waals surface area contributed by atoms with E-state index in [1.807, 2.05) is 0 Å². The summed E-state index contributed by atoms with van der Waals surface area (Å²) in [6.45, 7) is 1.90. The quantitative estimate of drug-likeness (QED) is 0.906. The average molecular weight is 274 g/mol. The van der Waals surface area contributed by atoms with Crippen LogP contribution >= 0.6 is 0 Å². The van der Waals surface area contributed by atoms with E-state index in [1.54, 1.807) is 43.3 Å². The van der Waals surface area contributed by atoms with E-state index in [2.05, 4.69) is 0 Å². The molecular formula is C16H15FO3. The first kappa shape index (κ1) is 14.1. The van der Waals surface area contributed by atoms with Crippen molar-refractivity contribution in [1.82, 2.24) is 0 Å². The highest BCUT2D eigenvalue weighted by atomic mass is 19.1. The molecule has 0 bridgehead atoms. The van der Waals surface area contributed by atoms with Gasteiger partial charge in [-0.2, -0.15) is 0 Å². The molecule has 0 aliphatic heterocycles. The van der Waals surface area contributed by atoms with Crippen LogP contribution in [0.3, 0.4) is 0 Å². The molecular weight excluding hydrogens is 259 g/mol. The molecule has 0 aliphatic rings. The predicted molar refractivity (Wildman–Crippen MR) is 73.2 cm³/mol. The Morgan fingerprint density at radius 2 is 1.95 bits per heavy atom. The Morgan fingerprint density at radius 3 is 2.55 bits per heavy atom. The monoisotopic (exact) mass is 274 g/mol. The lowest BCUT2D eigenvalue weighted by molar-refractivity contribution is -0.138. The van der Waals surface area contributed by atoms with Gasteiger partial charge in [0.2, 0.25) is 0 Å². The van der Waals surface area contributed by atoms with Gasteiger partial charge in [0, 0.05) is 0 Å². The van der Waals surface area contributed by atoms with Crippen molar-refractivity contribution < 1.29 is 19.0 Å². The molecule has 2 rings (SSSR count). The van der Waals surface area contributed by atoms with Crippen molar-refractivity contribution in [2.45, 2.75) is 19.4 Å². The molecule has 0 aromatic heterocycles.